The first-order valence-corrected chi connectivity index (χ1v) is 11.0. The zero-order valence-electron chi connectivity index (χ0n) is 19.3. The molecule has 0 unspecified atom stereocenters. The Morgan fingerprint density at radius 2 is 1.59 bits per heavy atom. The molecule has 1 aliphatic rings. The Bertz CT molecular complexity index is 1250. The number of nitrogens with one attached hydrogen (secondary N) is 2. The molecule has 176 valence electrons. The number of alkyl halides is 2. The van der Waals surface area contributed by atoms with Gasteiger partial charge in [-0.2, -0.15) is 0 Å². The largest absolute Gasteiger partial charge is 0.384 e. The number of carbonyl (C=O) groups is 1. The third kappa shape index (κ3) is 4.43. The van der Waals surface area contributed by atoms with E-state index in [1.54, 1.807) is 37.4 Å². The van der Waals surface area contributed by atoms with E-state index in [9.17, 15) is 13.6 Å². The van der Waals surface area contributed by atoms with Crippen LogP contribution in [0.25, 0.3) is 0 Å². The summed E-state index contributed by atoms with van der Waals surface area (Å²) in [7, 11) is 1.59. The molecule has 5 nitrogen and oxygen atoms in total. The van der Waals surface area contributed by atoms with Crippen molar-refractivity contribution in [3.63, 3.8) is 0 Å². The van der Waals surface area contributed by atoms with Gasteiger partial charge in [0.1, 0.15) is 11.9 Å². The van der Waals surface area contributed by atoms with E-state index in [1.807, 2.05) is 31.2 Å². The molecule has 0 aromatic heterocycles. The van der Waals surface area contributed by atoms with Gasteiger partial charge in [0.05, 0.1) is 0 Å². The molecule has 0 heterocycles. The molecule has 0 spiro atoms. The summed E-state index contributed by atoms with van der Waals surface area (Å²) in [5.41, 5.74) is 10.9. The Balaban J connectivity index is 1.59. The van der Waals surface area contributed by atoms with Crippen molar-refractivity contribution < 1.29 is 18.3 Å². The molecule has 34 heavy (non-hydrogen) atoms. The van der Waals surface area contributed by atoms with Gasteiger partial charge in [0.25, 0.3) is 11.8 Å². The van der Waals surface area contributed by atoms with E-state index >= 15 is 0 Å². The lowest BCUT2D eigenvalue weighted by Crippen LogP contribution is -2.24. The predicted octanol–water partition coefficient (Wildman–Crippen LogP) is 5.21. The normalized spacial score (nSPS) is 17.0. The lowest BCUT2D eigenvalue weighted by Gasteiger charge is -2.33. The molecule has 3 aromatic rings. The van der Waals surface area contributed by atoms with E-state index < -0.39 is 12.0 Å². The molecule has 7 heteroatoms. The van der Waals surface area contributed by atoms with Crippen LogP contribution >= 0.6 is 0 Å². The first-order valence-electron chi connectivity index (χ1n) is 11.0. The van der Waals surface area contributed by atoms with Crippen LogP contribution in [0.1, 0.15) is 75.2 Å². The molecule has 4 rings (SSSR count). The number of amidine groups is 1. The second-order valence-corrected chi connectivity index (χ2v) is 8.71. The molecular weight excluding hydrogens is 436 g/mol. The number of fused-ring (bicyclic) bond motifs is 2. The monoisotopic (exact) mass is 463 g/mol. The topological polar surface area (TPSA) is 88.2 Å². The van der Waals surface area contributed by atoms with Gasteiger partial charge < -0.3 is 15.8 Å². The van der Waals surface area contributed by atoms with Gasteiger partial charge in [0, 0.05) is 43.2 Å². The van der Waals surface area contributed by atoms with E-state index in [0.717, 1.165) is 34.7 Å². The highest BCUT2D eigenvalue weighted by atomic mass is 19.3. The van der Waals surface area contributed by atoms with Crippen LogP contribution in [0.3, 0.4) is 0 Å². The number of rotatable bonds is 6. The maximum atomic E-state index is 14.0. The van der Waals surface area contributed by atoms with E-state index in [0.29, 0.717) is 17.7 Å². The standard InChI is InChI=1S/C27H27F2N3O2/c1-15-22-12-18(26(33)32-14-16-4-6-17(7-5-16)25(30)31)8-10-20(22)24(34-3)21-11-9-19(13-23(15)21)27(2,28)29/h4-13,15,24H,14H2,1-3H3,(H3,30,31)(H,32,33)/t15-,24+/m0/s1. The summed E-state index contributed by atoms with van der Waals surface area (Å²) in [5.74, 6) is -3.36. The van der Waals surface area contributed by atoms with E-state index in [4.69, 9.17) is 15.9 Å². The molecular formula is C27H27F2N3O2. The Labute approximate surface area is 197 Å². The Kier molecular flexibility index (Phi) is 6.23. The summed E-state index contributed by atoms with van der Waals surface area (Å²) in [6.45, 7) is 3.17. The molecule has 0 saturated carbocycles. The van der Waals surface area contributed by atoms with Crippen molar-refractivity contribution in [2.24, 2.45) is 5.73 Å². The van der Waals surface area contributed by atoms with Crippen LogP contribution in [0.2, 0.25) is 0 Å². The number of nitrogen functional groups attached to an aromatic ring is 1. The number of hydrogen-bond acceptors (Lipinski definition) is 3. The fourth-order valence-corrected chi connectivity index (χ4v) is 4.47. The van der Waals surface area contributed by atoms with Crippen LogP contribution in [0.15, 0.2) is 60.7 Å². The Morgan fingerprint density at radius 3 is 2.18 bits per heavy atom. The average molecular weight is 464 g/mol. The lowest BCUT2D eigenvalue weighted by molar-refractivity contribution is 0.0172. The second-order valence-electron chi connectivity index (χ2n) is 8.71. The van der Waals surface area contributed by atoms with Crippen LogP contribution < -0.4 is 11.1 Å². The van der Waals surface area contributed by atoms with Crippen molar-refractivity contribution >= 4 is 11.7 Å². The van der Waals surface area contributed by atoms with Crippen molar-refractivity contribution in [2.45, 2.75) is 38.3 Å². The number of nitrogens with two attached hydrogens (primary N) is 1. The number of halogens is 2. The highest BCUT2D eigenvalue weighted by molar-refractivity contribution is 5.95. The summed E-state index contributed by atoms with van der Waals surface area (Å²) in [6.07, 6.45) is -0.391. The van der Waals surface area contributed by atoms with Crippen LogP contribution in [-0.4, -0.2) is 18.9 Å². The van der Waals surface area contributed by atoms with Crippen LogP contribution in [-0.2, 0) is 17.2 Å². The molecule has 3 aromatic carbocycles. The van der Waals surface area contributed by atoms with Crippen LogP contribution in [0.4, 0.5) is 8.78 Å². The average Bonchev–Trinajstić information content (AvgIpc) is 2.82. The molecule has 0 aliphatic heterocycles. The fourth-order valence-electron chi connectivity index (χ4n) is 4.47. The third-order valence-corrected chi connectivity index (χ3v) is 6.39. The smallest absolute Gasteiger partial charge is 0.270 e. The molecule has 0 saturated heterocycles. The van der Waals surface area contributed by atoms with Crippen LogP contribution in [0, 0.1) is 5.41 Å². The van der Waals surface area contributed by atoms with Crippen molar-refractivity contribution in [3.8, 4) is 0 Å². The van der Waals surface area contributed by atoms with Gasteiger partial charge in [-0.25, -0.2) is 8.78 Å². The van der Waals surface area contributed by atoms with Crippen molar-refractivity contribution in [3.05, 3.63) is 105 Å². The minimum Gasteiger partial charge on any atom is -0.384 e. The van der Waals surface area contributed by atoms with Gasteiger partial charge in [-0.15, -0.1) is 0 Å². The van der Waals surface area contributed by atoms with Gasteiger partial charge in [0.2, 0.25) is 0 Å². The minimum atomic E-state index is -2.94. The minimum absolute atomic E-state index is 0.00974. The number of benzene rings is 3. The maximum Gasteiger partial charge on any atom is 0.270 e. The maximum absolute atomic E-state index is 14.0. The molecule has 0 bridgehead atoms. The van der Waals surface area contributed by atoms with Crippen molar-refractivity contribution in [2.75, 3.05) is 7.11 Å². The summed E-state index contributed by atoms with van der Waals surface area (Å²) >= 11 is 0. The Morgan fingerprint density at radius 1 is 1.00 bits per heavy atom. The number of methoxy groups -OCH3 is 1. The molecule has 4 N–H and O–H groups in total. The fraction of sp³-hybridized carbons (Fsp3) is 0.259. The summed E-state index contributed by atoms with van der Waals surface area (Å²) < 4.78 is 33.7. The zero-order chi connectivity index (χ0) is 24.6. The Hall–Kier alpha value is -3.58. The SMILES string of the molecule is CO[C@@H]1c2ccc(C(=O)NCc3ccc(C(=N)N)cc3)cc2[C@H](C)c2cc(C(C)(F)F)ccc21. The number of carbonyl (C=O) groups excluding carboxylic acids is 1. The van der Waals surface area contributed by atoms with Gasteiger partial charge in [-0.1, -0.05) is 49.4 Å². The van der Waals surface area contributed by atoms with Gasteiger partial charge in [-0.3, -0.25) is 10.2 Å². The van der Waals surface area contributed by atoms with E-state index in [2.05, 4.69) is 5.32 Å². The second kappa shape index (κ2) is 8.99. The quantitative estimate of drug-likeness (QED) is 0.346. The summed E-state index contributed by atoms with van der Waals surface area (Å²) in [5, 5.41) is 10.4. The van der Waals surface area contributed by atoms with Crippen molar-refractivity contribution in [1.29, 1.82) is 5.41 Å². The van der Waals surface area contributed by atoms with Crippen LogP contribution in [0.5, 0.6) is 0 Å². The van der Waals surface area contributed by atoms with Gasteiger partial charge >= 0.3 is 0 Å². The van der Waals surface area contributed by atoms with E-state index in [-0.39, 0.29) is 23.2 Å². The lowest BCUT2D eigenvalue weighted by atomic mass is 9.76. The molecule has 1 amide bonds. The summed E-state index contributed by atoms with van der Waals surface area (Å²) in [4.78, 5) is 12.9. The first kappa shape index (κ1) is 23.6. The highest BCUT2D eigenvalue weighted by Crippen LogP contribution is 2.45. The van der Waals surface area contributed by atoms with Gasteiger partial charge in [-0.05, 0) is 46.0 Å². The van der Waals surface area contributed by atoms with E-state index in [1.165, 1.54) is 6.07 Å². The third-order valence-electron chi connectivity index (χ3n) is 6.39. The molecule has 0 fully saturated rings. The summed E-state index contributed by atoms with van der Waals surface area (Å²) in [6, 6.07) is 17.3. The number of hydrogen-bond donors (Lipinski definition) is 3. The zero-order valence-corrected chi connectivity index (χ0v) is 19.3. The van der Waals surface area contributed by atoms with Crippen molar-refractivity contribution in [1.82, 2.24) is 5.32 Å². The first-order chi connectivity index (χ1) is 16.1. The van der Waals surface area contributed by atoms with Gasteiger partial charge in [0.15, 0.2) is 0 Å². The molecule has 0 radical (unpaired) electrons. The number of amides is 1. The molecule has 1 aliphatic carbocycles. The number of ether oxygens (including phenoxy) is 1. The predicted molar refractivity (Wildman–Crippen MR) is 127 cm³/mol. The molecule has 2 atom stereocenters. The highest BCUT2D eigenvalue weighted by Gasteiger charge is 2.33.